The first-order chi connectivity index (χ1) is 10.4. The van der Waals surface area contributed by atoms with Crippen LogP contribution in [0.25, 0.3) is 0 Å². The largest absolute Gasteiger partial charge is 0.444 e. The number of hydrogen-bond acceptors (Lipinski definition) is 2. The molecule has 0 saturated carbocycles. The van der Waals surface area contributed by atoms with Crippen LogP contribution in [0, 0.1) is 5.92 Å². The van der Waals surface area contributed by atoms with E-state index in [9.17, 15) is 4.79 Å². The van der Waals surface area contributed by atoms with Crippen molar-refractivity contribution in [3.05, 3.63) is 47.7 Å². The van der Waals surface area contributed by atoms with Gasteiger partial charge in [0.25, 0.3) is 0 Å². The number of alkyl carbamates (subject to hydrolysis) is 1. The molecule has 0 aliphatic rings. The number of benzene rings is 1. The molecule has 0 heterocycles. The fourth-order valence-electron chi connectivity index (χ4n) is 2.48. The van der Waals surface area contributed by atoms with Crippen LogP contribution in [-0.4, -0.2) is 19.8 Å². The topological polar surface area (TPSA) is 38.3 Å². The van der Waals surface area contributed by atoms with Gasteiger partial charge in [-0.1, -0.05) is 62.1 Å². The number of nitrogens with one attached hydrogen (secondary N) is 1. The third-order valence-electron chi connectivity index (χ3n) is 3.84. The van der Waals surface area contributed by atoms with E-state index in [4.69, 9.17) is 4.74 Å². The van der Waals surface area contributed by atoms with Crippen molar-refractivity contribution in [3.63, 3.8) is 0 Å². The van der Waals surface area contributed by atoms with Crippen molar-refractivity contribution in [3.8, 4) is 0 Å². The summed E-state index contributed by atoms with van der Waals surface area (Å²) in [6.45, 7) is 18.9. The quantitative estimate of drug-likeness (QED) is 0.740. The fourth-order valence-corrected chi connectivity index (χ4v) is 4.01. The van der Waals surface area contributed by atoms with Crippen LogP contribution in [-0.2, 0) is 4.74 Å². The van der Waals surface area contributed by atoms with Gasteiger partial charge in [-0.3, -0.25) is 0 Å². The van der Waals surface area contributed by atoms with Crippen molar-refractivity contribution in [2.45, 2.75) is 59.0 Å². The summed E-state index contributed by atoms with van der Waals surface area (Å²) in [7, 11) is -1.50. The van der Waals surface area contributed by atoms with E-state index in [2.05, 4.69) is 38.5 Å². The van der Waals surface area contributed by atoms with Crippen LogP contribution in [0.5, 0.6) is 0 Å². The normalized spacial score (nSPS) is 14.7. The number of hydrogen-bond donors (Lipinski definition) is 1. The Hall–Kier alpha value is -1.55. The molecule has 1 amide bonds. The van der Waals surface area contributed by atoms with Crippen LogP contribution in [0.3, 0.4) is 0 Å². The molecule has 23 heavy (non-hydrogen) atoms. The van der Waals surface area contributed by atoms with E-state index in [1.807, 2.05) is 51.1 Å². The van der Waals surface area contributed by atoms with Gasteiger partial charge in [-0.05, 0) is 32.3 Å². The number of rotatable bonds is 5. The number of carbonyl (C=O) groups excluding carboxylic acids is 1. The molecule has 0 aliphatic carbocycles. The molecule has 1 aromatic carbocycles. The molecule has 0 spiro atoms. The summed E-state index contributed by atoms with van der Waals surface area (Å²) in [6, 6.07) is 9.90. The second kappa shape index (κ2) is 7.34. The molecule has 0 radical (unpaired) electrons. The molecule has 2 atom stereocenters. The summed E-state index contributed by atoms with van der Waals surface area (Å²) in [4.78, 5) is 12.3. The third kappa shape index (κ3) is 6.22. The van der Waals surface area contributed by atoms with E-state index in [0.717, 1.165) is 5.56 Å². The second-order valence-electron chi connectivity index (χ2n) is 8.10. The first-order valence-electron chi connectivity index (χ1n) is 8.15. The lowest BCUT2D eigenvalue weighted by Crippen LogP contribution is -2.40. The summed E-state index contributed by atoms with van der Waals surface area (Å²) in [5, 5.41) is 4.28. The number of ether oxygens (including phenoxy) is 1. The molecular weight excluding hydrogens is 302 g/mol. The Morgan fingerprint density at radius 2 is 1.70 bits per heavy atom. The lowest BCUT2D eigenvalue weighted by Gasteiger charge is -2.33. The van der Waals surface area contributed by atoms with Crippen LogP contribution in [0.4, 0.5) is 4.79 Å². The SMILES string of the molecule is C=C([C@@H](C)[C@H](NC(=O)OC(C)(C)C)c1ccccc1)[Si](C)(C)C. The molecule has 3 nitrogen and oxygen atoms in total. The molecule has 1 aromatic rings. The van der Waals surface area contributed by atoms with Gasteiger partial charge in [-0.25, -0.2) is 4.79 Å². The highest BCUT2D eigenvalue weighted by Crippen LogP contribution is 2.32. The standard InChI is InChI=1S/C19H31NO2Si/c1-14(15(2)23(6,7)8)17(16-12-10-9-11-13-16)20-18(21)22-19(3,4)5/h9-14,17H,2H2,1,3-8H3,(H,20,21)/t14-,17+/m1/s1. The highest BCUT2D eigenvalue weighted by atomic mass is 28.3. The fraction of sp³-hybridized carbons (Fsp3) is 0.526. The smallest absolute Gasteiger partial charge is 0.408 e. The van der Waals surface area contributed by atoms with Gasteiger partial charge in [0.15, 0.2) is 0 Å². The summed E-state index contributed by atoms with van der Waals surface area (Å²) in [5.74, 6) is 0.150. The molecule has 0 unspecified atom stereocenters. The zero-order chi connectivity index (χ0) is 17.8. The molecular formula is C19H31NO2Si. The molecule has 1 rings (SSSR count). The van der Waals surface area contributed by atoms with Crippen LogP contribution < -0.4 is 5.32 Å². The minimum absolute atomic E-state index is 0.134. The number of carbonyl (C=O) groups is 1. The lowest BCUT2D eigenvalue weighted by atomic mass is 9.94. The van der Waals surface area contributed by atoms with E-state index in [1.165, 1.54) is 5.20 Å². The maximum atomic E-state index is 12.3. The highest BCUT2D eigenvalue weighted by molar-refractivity contribution is 6.83. The van der Waals surface area contributed by atoms with Crippen LogP contribution in [0.15, 0.2) is 42.1 Å². The molecule has 0 bridgehead atoms. The average Bonchev–Trinajstić information content (AvgIpc) is 2.41. The van der Waals surface area contributed by atoms with E-state index in [1.54, 1.807) is 0 Å². The Balaban J connectivity index is 3.04. The minimum atomic E-state index is -1.50. The van der Waals surface area contributed by atoms with Crippen LogP contribution in [0.2, 0.25) is 19.6 Å². The number of amides is 1. The lowest BCUT2D eigenvalue weighted by molar-refractivity contribution is 0.0492. The Morgan fingerprint density at radius 3 is 2.13 bits per heavy atom. The van der Waals surface area contributed by atoms with Crippen molar-refractivity contribution in [1.29, 1.82) is 0 Å². The van der Waals surface area contributed by atoms with Crippen molar-refractivity contribution < 1.29 is 9.53 Å². The van der Waals surface area contributed by atoms with Crippen LogP contribution in [0.1, 0.15) is 39.3 Å². The molecule has 4 heteroatoms. The molecule has 0 saturated heterocycles. The summed E-state index contributed by atoms with van der Waals surface area (Å²) < 4.78 is 5.44. The first-order valence-corrected chi connectivity index (χ1v) is 11.7. The maximum Gasteiger partial charge on any atom is 0.408 e. The van der Waals surface area contributed by atoms with Crippen LogP contribution >= 0.6 is 0 Å². The van der Waals surface area contributed by atoms with E-state index < -0.39 is 13.7 Å². The third-order valence-corrected chi connectivity index (χ3v) is 6.23. The molecule has 0 aromatic heterocycles. The van der Waals surface area contributed by atoms with Gasteiger partial charge in [0.05, 0.1) is 14.1 Å². The van der Waals surface area contributed by atoms with E-state index >= 15 is 0 Å². The summed E-state index contributed by atoms with van der Waals surface area (Å²) in [5.41, 5.74) is 0.565. The molecule has 0 aliphatic heterocycles. The van der Waals surface area contributed by atoms with Crippen molar-refractivity contribution in [2.75, 3.05) is 0 Å². The summed E-state index contributed by atoms with van der Waals surface area (Å²) in [6.07, 6.45) is -0.387. The van der Waals surface area contributed by atoms with Crippen molar-refractivity contribution >= 4 is 14.2 Å². The van der Waals surface area contributed by atoms with E-state index in [0.29, 0.717) is 0 Å². The maximum absolute atomic E-state index is 12.3. The Kier molecular flexibility index (Phi) is 6.23. The predicted molar refractivity (Wildman–Crippen MR) is 100 cm³/mol. The molecule has 128 valence electrons. The molecule has 1 N–H and O–H groups in total. The zero-order valence-electron chi connectivity index (χ0n) is 15.6. The van der Waals surface area contributed by atoms with Gasteiger partial charge >= 0.3 is 6.09 Å². The Labute approximate surface area is 142 Å². The second-order valence-corrected chi connectivity index (χ2v) is 13.2. The van der Waals surface area contributed by atoms with E-state index in [-0.39, 0.29) is 18.1 Å². The van der Waals surface area contributed by atoms with Gasteiger partial charge in [-0.2, -0.15) is 0 Å². The minimum Gasteiger partial charge on any atom is -0.444 e. The molecule has 0 fully saturated rings. The van der Waals surface area contributed by atoms with Gasteiger partial charge in [0.2, 0.25) is 0 Å². The Morgan fingerprint density at radius 1 is 1.17 bits per heavy atom. The van der Waals surface area contributed by atoms with Gasteiger partial charge < -0.3 is 10.1 Å². The Bertz CT molecular complexity index is 541. The highest BCUT2D eigenvalue weighted by Gasteiger charge is 2.31. The zero-order valence-corrected chi connectivity index (χ0v) is 16.6. The monoisotopic (exact) mass is 333 g/mol. The first kappa shape index (κ1) is 19.5. The predicted octanol–water partition coefficient (Wildman–Crippen LogP) is 5.32. The van der Waals surface area contributed by atoms with Crippen molar-refractivity contribution in [2.24, 2.45) is 5.92 Å². The van der Waals surface area contributed by atoms with Gasteiger partial charge in [-0.15, -0.1) is 6.58 Å². The van der Waals surface area contributed by atoms with Gasteiger partial charge in [0, 0.05) is 0 Å². The van der Waals surface area contributed by atoms with Gasteiger partial charge in [0.1, 0.15) is 5.60 Å². The summed E-state index contributed by atoms with van der Waals surface area (Å²) >= 11 is 0. The van der Waals surface area contributed by atoms with Crippen molar-refractivity contribution in [1.82, 2.24) is 5.32 Å². The average molecular weight is 334 g/mol.